The molecule has 0 aromatic heterocycles. The molecule has 1 atom stereocenters. The van der Waals surface area contributed by atoms with E-state index in [2.05, 4.69) is 5.32 Å². The van der Waals surface area contributed by atoms with Gasteiger partial charge in [0.05, 0.1) is 5.56 Å². The van der Waals surface area contributed by atoms with E-state index in [1.54, 1.807) is 6.07 Å². The minimum atomic E-state index is -4.29. The summed E-state index contributed by atoms with van der Waals surface area (Å²) in [6.45, 7) is 1.79. The Bertz CT molecular complexity index is 490. The third-order valence-electron chi connectivity index (χ3n) is 4.61. The van der Waals surface area contributed by atoms with Gasteiger partial charge >= 0.3 is 6.18 Å². The fourth-order valence-electron chi connectivity index (χ4n) is 3.45. The molecule has 0 unspecified atom stereocenters. The third kappa shape index (κ3) is 2.05. The molecule has 0 amide bonds. The van der Waals surface area contributed by atoms with Gasteiger partial charge in [-0.25, -0.2) is 0 Å². The van der Waals surface area contributed by atoms with Crippen molar-refractivity contribution in [1.82, 2.24) is 5.32 Å². The van der Waals surface area contributed by atoms with E-state index in [4.69, 9.17) is 5.73 Å². The summed E-state index contributed by atoms with van der Waals surface area (Å²) in [5.74, 6) is 0. The quantitative estimate of drug-likeness (QED) is 0.760. The van der Waals surface area contributed by atoms with Gasteiger partial charge in [-0.3, -0.25) is 0 Å². The SMILES string of the molecule is N[C@@H]1c2cc(C(F)(F)F)ccc2CC12CCNCC2. The molecule has 1 spiro atoms. The van der Waals surface area contributed by atoms with Gasteiger partial charge in [0.1, 0.15) is 0 Å². The topological polar surface area (TPSA) is 38.0 Å². The molecule has 5 heteroatoms. The summed E-state index contributed by atoms with van der Waals surface area (Å²) >= 11 is 0. The number of halogens is 3. The summed E-state index contributed by atoms with van der Waals surface area (Å²) in [4.78, 5) is 0. The van der Waals surface area contributed by atoms with E-state index in [-0.39, 0.29) is 11.5 Å². The highest BCUT2D eigenvalue weighted by molar-refractivity contribution is 5.42. The zero-order valence-electron chi connectivity index (χ0n) is 10.6. The van der Waals surface area contributed by atoms with E-state index in [0.717, 1.165) is 37.9 Å². The van der Waals surface area contributed by atoms with E-state index in [1.807, 2.05) is 0 Å². The summed E-state index contributed by atoms with van der Waals surface area (Å²) in [7, 11) is 0. The van der Waals surface area contributed by atoms with E-state index in [1.165, 1.54) is 12.1 Å². The molecule has 1 saturated heterocycles. The Morgan fingerprint density at radius 2 is 1.89 bits per heavy atom. The lowest BCUT2D eigenvalue weighted by atomic mass is 9.73. The number of fused-ring (bicyclic) bond motifs is 1. The molecule has 3 rings (SSSR count). The van der Waals surface area contributed by atoms with Crippen LogP contribution in [0.1, 0.15) is 35.6 Å². The summed E-state index contributed by atoms with van der Waals surface area (Å²) < 4.78 is 38.3. The highest BCUT2D eigenvalue weighted by Crippen LogP contribution is 2.50. The lowest BCUT2D eigenvalue weighted by Gasteiger charge is -2.37. The molecule has 2 aliphatic rings. The van der Waals surface area contributed by atoms with Crippen molar-refractivity contribution < 1.29 is 13.2 Å². The monoisotopic (exact) mass is 270 g/mol. The van der Waals surface area contributed by atoms with Crippen LogP contribution in [0.5, 0.6) is 0 Å². The lowest BCUT2D eigenvalue weighted by molar-refractivity contribution is -0.137. The fourth-order valence-corrected chi connectivity index (χ4v) is 3.45. The zero-order valence-corrected chi connectivity index (χ0v) is 10.6. The first-order chi connectivity index (χ1) is 8.92. The number of nitrogens with two attached hydrogens (primary N) is 1. The summed E-state index contributed by atoms with van der Waals surface area (Å²) in [5.41, 5.74) is 7.32. The standard InChI is InChI=1S/C14H17F3N2/c15-14(16,17)10-2-1-9-8-13(3-5-19-6-4-13)12(18)11(9)7-10/h1-2,7,12,19H,3-6,8,18H2/t12-/m1/s1. The highest BCUT2D eigenvalue weighted by atomic mass is 19.4. The number of hydrogen-bond acceptors (Lipinski definition) is 2. The van der Waals surface area contributed by atoms with Crippen LogP contribution in [0.4, 0.5) is 13.2 Å². The molecule has 104 valence electrons. The number of piperidine rings is 1. The molecule has 1 aliphatic carbocycles. The molecule has 19 heavy (non-hydrogen) atoms. The smallest absolute Gasteiger partial charge is 0.323 e. The predicted octanol–water partition coefficient (Wildman–Crippen LogP) is 2.63. The van der Waals surface area contributed by atoms with Gasteiger partial charge in [0.25, 0.3) is 0 Å². The summed E-state index contributed by atoms with van der Waals surface area (Å²) in [6.07, 6.45) is -1.61. The Hall–Kier alpha value is -1.07. The van der Waals surface area contributed by atoms with Crippen LogP contribution >= 0.6 is 0 Å². The van der Waals surface area contributed by atoms with Gasteiger partial charge in [0.15, 0.2) is 0 Å². The van der Waals surface area contributed by atoms with Crippen LogP contribution in [0.2, 0.25) is 0 Å². The van der Waals surface area contributed by atoms with Crippen molar-refractivity contribution in [2.75, 3.05) is 13.1 Å². The van der Waals surface area contributed by atoms with Crippen LogP contribution in [0.15, 0.2) is 18.2 Å². The first-order valence-corrected chi connectivity index (χ1v) is 6.59. The molecular weight excluding hydrogens is 253 g/mol. The molecule has 1 fully saturated rings. The molecule has 2 nitrogen and oxygen atoms in total. The normalized spacial score (nSPS) is 25.6. The van der Waals surface area contributed by atoms with Gasteiger partial charge in [-0.05, 0) is 61.0 Å². The maximum atomic E-state index is 12.8. The van der Waals surface area contributed by atoms with Crippen molar-refractivity contribution in [2.24, 2.45) is 11.1 Å². The number of benzene rings is 1. The molecule has 0 bridgehead atoms. The van der Waals surface area contributed by atoms with Gasteiger partial charge in [-0.15, -0.1) is 0 Å². The minimum Gasteiger partial charge on any atom is -0.323 e. The van der Waals surface area contributed by atoms with Crippen LogP contribution in [-0.2, 0) is 12.6 Å². The van der Waals surface area contributed by atoms with E-state index >= 15 is 0 Å². The van der Waals surface area contributed by atoms with E-state index < -0.39 is 11.7 Å². The molecule has 1 aromatic carbocycles. The molecule has 0 radical (unpaired) electrons. The Morgan fingerprint density at radius 3 is 2.53 bits per heavy atom. The van der Waals surface area contributed by atoms with Crippen molar-refractivity contribution in [3.05, 3.63) is 34.9 Å². The van der Waals surface area contributed by atoms with E-state index in [0.29, 0.717) is 5.56 Å². The Balaban J connectivity index is 1.97. The fraction of sp³-hybridized carbons (Fsp3) is 0.571. The van der Waals surface area contributed by atoms with E-state index in [9.17, 15) is 13.2 Å². The zero-order chi connectivity index (χ0) is 13.7. The van der Waals surface area contributed by atoms with Crippen LogP contribution < -0.4 is 11.1 Å². The second-order valence-electron chi connectivity index (χ2n) is 5.68. The Kier molecular flexibility index (Phi) is 2.87. The van der Waals surface area contributed by atoms with Crippen LogP contribution in [-0.4, -0.2) is 13.1 Å². The van der Waals surface area contributed by atoms with Crippen LogP contribution in [0.25, 0.3) is 0 Å². The number of hydrogen-bond donors (Lipinski definition) is 2. The average Bonchev–Trinajstić information content (AvgIpc) is 2.62. The van der Waals surface area contributed by atoms with Crippen LogP contribution in [0.3, 0.4) is 0 Å². The largest absolute Gasteiger partial charge is 0.416 e. The Morgan fingerprint density at radius 1 is 1.21 bits per heavy atom. The molecule has 1 aliphatic heterocycles. The second kappa shape index (κ2) is 4.21. The first kappa shape index (κ1) is 12.9. The third-order valence-corrected chi connectivity index (χ3v) is 4.61. The van der Waals surface area contributed by atoms with Gasteiger partial charge in [0, 0.05) is 6.04 Å². The van der Waals surface area contributed by atoms with Crippen LogP contribution in [0, 0.1) is 5.41 Å². The minimum absolute atomic E-state index is 0.0438. The van der Waals surface area contributed by atoms with Gasteiger partial charge < -0.3 is 11.1 Å². The lowest BCUT2D eigenvalue weighted by Crippen LogP contribution is -2.42. The van der Waals surface area contributed by atoms with Gasteiger partial charge in [0.2, 0.25) is 0 Å². The molecule has 3 N–H and O–H groups in total. The molecule has 0 saturated carbocycles. The maximum absolute atomic E-state index is 12.8. The van der Waals surface area contributed by atoms with Gasteiger partial charge in [-0.1, -0.05) is 6.07 Å². The molecule has 1 heterocycles. The highest BCUT2D eigenvalue weighted by Gasteiger charge is 2.45. The van der Waals surface area contributed by atoms with Gasteiger partial charge in [-0.2, -0.15) is 13.2 Å². The predicted molar refractivity (Wildman–Crippen MR) is 66.6 cm³/mol. The Labute approximate surface area is 110 Å². The van der Waals surface area contributed by atoms with Crippen molar-refractivity contribution >= 4 is 0 Å². The van der Waals surface area contributed by atoms with Crippen molar-refractivity contribution in [3.8, 4) is 0 Å². The van der Waals surface area contributed by atoms with Crippen molar-refractivity contribution in [1.29, 1.82) is 0 Å². The van der Waals surface area contributed by atoms with Crippen molar-refractivity contribution in [2.45, 2.75) is 31.5 Å². The summed E-state index contributed by atoms with van der Waals surface area (Å²) in [6, 6.07) is 3.75. The molecular formula is C14H17F3N2. The average molecular weight is 270 g/mol. The van der Waals surface area contributed by atoms with Crippen molar-refractivity contribution in [3.63, 3.8) is 0 Å². The number of nitrogens with one attached hydrogen (secondary N) is 1. The number of alkyl halides is 3. The molecule has 1 aromatic rings. The summed E-state index contributed by atoms with van der Waals surface area (Å²) in [5, 5.41) is 3.28. The number of rotatable bonds is 0. The maximum Gasteiger partial charge on any atom is 0.416 e. The second-order valence-corrected chi connectivity index (χ2v) is 5.68. The first-order valence-electron chi connectivity index (χ1n) is 6.59.